The molecule has 2 aliphatic rings. The molecule has 0 saturated heterocycles. The van der Waals surface area contributed by atoms with Crippen LogP contribution in [-0.4, -0.2) is 12.6 Å². The summed E-state index contributed by atoms with van der Waals surface area (Å²) in [6, 6.07) is 3.72. The predicted octanol–water partition coefficient (Wildman–Crippen LogP) is 5.22. The van der Waals surface area contributed by atoms with E-state index in [0.717, 1.165) is 21.3 Å². The average molecular weight is 426 g/mol. The maximum atomic E-state index is 12.6. The van der Waals surface area contributed by atoms with Crippen LogP contribution in [0.25, 0.3) is 0 Å². The number of ether oxygens (including phenoxy) is 2. The van der Waals surface area contributed by atoms with E-state index in [1.165, 1.54) is 5.57 Å². The van der Waals surface area contributed by atoms with Gasteiger partial charge < -0.3 is 9.47 Å². The maximum Gasteiger partial charge on any atom is 0.231 e. The van der Waals surface area contributed by atoms with Crippen LogP contribution in [0, 0.1) is 20.8 Å². The van der Waals surface area contributed by atoms with E-state index in [9.17, 15) is 4.79 Å². The van der Waals surface area contributed by atoms with Gasteiger partial charge in [0, 0.05) is 15.6 Å². The molecule has 1 aromatic carbocycles. The Morgan fingerprint density at radius 2 is 1.96 bits per heavy atom. The number of allylic oxidation sites excluding steroid dienone is 2. The number of benzene rings is 1. The van der Waals surface area contributed by atoms with Crippen LogP contribution in [0.15, 0.2) is 23.8 Å². The van der Waals surface area contributed by atoms with Gasteiger partial charge in [-0.1, -0.05) is 25.5 Å². The van der Waals surface area contributed by atoms with Crippen molar-refractivity contribution in [3.63, 3.8) is 0 Å². The lowest BCUT2D eigenvalue weighted by Crippen LogP contribution is -2.03. The summed E-state index contributed by atoms with van der Waals surface area (Å²) in [6.45, 7) is 9.13. The van der Waals surface area contributed by atoms with Crippen LogP contribution >= 0.6 is 22.6 Å². The molecule has 1 heterocycles. The molecule has 1 aromatic rings. The van der Waals surface area contributed by atoms with E-state index in [-0.39, 0.29) is 12.6 Å². The molecule has 1 saturated carbocycles. The Morgan fingerprint density at radius 1 is 1.30 bits per heavy atom. The Morgan fingerprint density at radius 3 is 2.61 bits per heavy atom. The molecule has 124 valence electrons. The van der Waals surface area contributed by atoms with Crippen molar-refractivity contribution in [3.05, 3.63) is 32.9 Å². The first-order chi connectivity index (χ1) is 10.8. The molecule has 1 aliphatic carbocycles. The largest absolute Gasteiger partial charge is 0.454 e. The van der Waals surface area contributed by atoms with Crippen molar-refractivity contribution in [2.75, 3.05) is 6.79 Å². The predicted molar refractivity (Wildman–Crippen MR) is 99.0 cm³/mol. The van der Waals surface area contributed by atoms with E-state index in [1.54, 1.807) is 0 Å². The number of Topliss-reactive ketones (excluding diaryl/α,β-unsaturated/α-hetero) is 1. The van der Waals surface area contributed by atoms with E-state index in [1.807, 2.05) is 12.1 Å². The molecule has 3 nitrogen and oxygen atoms in total. The molecule has 1 aliphatic heterocycles. The molecule has 23 heavy (non-hydrogen) atoms. The smallest absolute Gasteiger partial charge is 0.231 e. The summed E-state index contributed by atoms with van der Waals surface area (Å²) in [5.41, 5.74) is 2.44. The van der Waals surface area contributed by atoms with Gasteiger partial charge in [-0.15, -0.1) is 0 Å². The third kappa shape index (κ3) is 3.28. The molecule has 0 spiro atoms. The molecule has 2 unspecified atom stereocenters. The van der Waals surface area contributed by atoms with Crippen LogP contribution in [-0.2, 0) is 0 Å². The molecule has 0 aromatic heterocycles. The Bertz CT molecular complexity index is 671. The van der Waals surface area contributed by atoms with Crippen LogP contribution in [0.1, 0.15) is 50.9 Å². The molecular formula is C19H23IO3. The third-order valence-electron chi connectivity index (χ3n) is 5.10. The van der Waals surface area contributed by atoms with Crippen molar-refractivity contribution in [3.8, 4) is 11.5 Å². The summed E-state index contributed by atoms with van der Waals surface area (Å²) in [7, 11) is 0. The molecular weight excluding hydrogens is 403 g/mol. The number of carbonyl (C=O) groups excluding carboxylic acids is 1. The summed E-state index contributed by atoms with van der Waals surface area (Å²) in [4.78, 5) is 12.6. The van der Waals surface area contributed by atoms with Crippen LogP contribution in [0.3, 0.4) is 0 Å². The topological polar surface area (TPSA) is 35.5 Å². The highest BCUT2D eigenvalue weighted by atomic mass is 127. The fourth-order valence-corrected chi connectivity index (χ4v) is 4.32. The Kier molecular flexibility index (Phi) is 4.47. The van der Waals surface area contributed by atoms with Gasteiger partial charge in [-0.05, 0) is 72.2 Å². The Balaban J connectivity index is 1.66. The molecule has 2 atom stereocenters. The normalized spacial score (nSPS) is 23.5. The van der Waals surface area contributed by atoms with Crippen LogP contribution < -0.4 is 9.47 Å². The number of halogens is 1. The van der Waals surface area contributed by atoms with E-state index < -0.39 is 0 Å². The second-order valence-corrected chi connectivity index (χ2v) is 8.51. The first-order valence-electron chi connectivity index (χ1n) is 8.08. The molecule has 3 rings (SSSR count). The van der Waals surface area contributed by atoms with Gasteiger partial charge in [0.2, 0.25) is 6.79 Å². The number of fused-ring (bicyclic) bond motifs is 1. The van der Waals surface area contributed by atoms with Crippen molar-refractivity contribution in [1.29, 1.82) is 0 Å². The summed E-state index contributed by atoms with van der Waals surface area (Å²) >= 11 is 2.20. The summed E-state index contributed by atoms with van der Waals surface area (Å²) < 4.78 is 11.7. The molecule has 0 amide bonds. The summed E-state index contributed by atoms with van der Waals surface area (Å²) in [6.07, 6.45) is 3.90. The van der Waals surface area contributed by atoms with Crippen molar-refractivity contribution >= 4 is 28.4 Å². The highest BCUT2D eigenvalue weighted by molar-refractivity contribution is 14.1. The highest BCUT2D eigenvalue weighted by Gasteiger charge is 2.55. The van der Waals surface area contributed by atoms with Gasteiger partial charge in [-0.2, -0.15) is 0 Å². The second kappa shape index (κ2) is 6.11. The maximum absolute atomic E-state index is 12.6. The molecule has 1 fully saturated rings. The average Bonchev–Trinajstić information content (AvgIpc) is 2.82. The van der Waals surface area contributed by atoms with E-state index >= 15 is 0 Å². The van der Waals surface area contributed by atoms with Gasteiger partial charge in [0.1, 0.15) is 0 Å². The number of carbonyl (C=O) groups is 1. The van der Waals surface area contributed by atoms with E-state index in [2.05, 4.69) is 56.4 Å². The van der Waals surface area contributed by atoms with Gasteiger partial charge >= 0.3 is 0 Å². The van der Waals surface area contributed by atoms with Gasteiger partial charge in [0.05, 0.1) is 0 Å². The zero-order chi connectivity index (χ0) is 16.8. The van der Waals surface area contributed by atoms with Crippen LogP contribution in [0.2, 0.25) is 0 Å². The SMILES string of the molecule is CC(C)=CC1C(CCC(=O)c2cc3c(cc2I)OCO3)C1(C)C. The fourth-order valence-electron chi connectivity index (χ4n) is 3.58. The zero-order valence-corrected chi connectivity index (χ0v) is 16.3. The lowest BCUT2D eigenvalue weighted by atomic mass is 10.0. The molecule has 0 radical (unpaired) electrons. The Labute approximate surface area is 151 Å². The lowest BCUT2D eigenvalue weighted by molar-refractivity contribution is 0.0975. The van der Waals surface area contributed by atoms with Crippen molar-refractivity contribution < 1.29 is 14.3 Å². The monoisotopic (exact) mass is 426 g/mol. The molecule has 0 bridgehead atoms. The highest BCUT2D eigenvalue weighted by Crippen LogP contribution is 2.61. The van der Waals surface area contributed by atoms with Crippen LogP contribution in [0.4, 0.5) is 0 Å². The first kappa shape index (κ1) is 16.8. The van der Waals surface area contributed by atoms with Gasteiger partial charge in [0.25, 0.3) is 0 Å². The van der Waals surface area contributed by atoms with E-state index in [4.69, 9.17) is 9.47 Å². The minimum Gasteiger partial charge on any atom is -0.454 e. The van der Waals surface area contributed by atoms with Gasteiger partial charge in [-0.25, -0.2) is 0 Å². The van der Waals surface area contributed by atoms with Gasteiger partial charge in [-0.3, -0.25) is 4.79 Å². The number of hydrogen-bond acceptors (Lipinski definition) is 3. The second-order valence-electron chi connectivity index (χ2n) is 7.34. The fraction of sp³-hybridized carbons (Fsp3) is 0.526. The molecule has 0 N–H and O–H groups in total. The Hall–Kier alpha value is -1.04. The van der Waals surface area contributed by atoms with Crippen molar-refractivity contribution in [1.82, 2.24) is 0 Å². The van der Waals surface area contributed by atoms with Crippen molar-refractivity contribution in [2.24, 2.45) is 17.3 Å². The summed E-state index contributed by atoms with van der Waals surface area (Å²) in [5.74, 6) is 2.83. The third-order valence-corrected chi connectivity index (χ3v) is 5.99. The lowest BCUT2D eigenvalue weighted by Gasteiger charge is -2.06. The number of rotatable bonds is 5. The molecule has 4 heteroatoms. The minimum absolute atomic E-state index is 0.200. The van der Waals surface area contributed by atoms with E-state index in [0.29, 0.717) is 29.4 Å². The minimum atomic E-state index is 0.200. The quantitative estimate of drug-likeness (QED) is 0.368. The summed E-state index contributed by atoms with van der Waals surface area (Å²) in [5, 5.41) is 0. The number of ketones is 1. The first-order valence-corrected chi connectivity index (χ1v) is 9.16. The van der Waals surface area contributed by atoms with Crippen LogP contribution in [0.5, 0.6) is 11.5 Å². The number of hydrogen-bond donors (Lipinski definition) is 0. The van der Waals surface area contributed by atoms with Crippen molar-refractivity contribution in [2.45, 2.75) is 40.5 Å². The van der Waals surface area contributed by atoms with Gasteiger partial charge in [0.15, 0.2) is 17.3 Å². The zero-order valence-electron chi connectivity index (χ0n) is 14.1. The standard InChI is InChI=1S/C19H23IO3/c1-11(2)7-14-13(19(14,3)4)5-6-16(21)12-8-17-18(9-15(12)20)23-10-22-17/h7-9,13-14H,5-6,10H2,1-4H3.